The fraction of sp³-hybridized carbons (Fsp3) is 0.154. The van der Waals surface area contributed by atoms with Gasteiger partial charge in [0.05, 0.1) is 11.4 Å². The lowest BCUT2D eigenvalue weighted by Gasteiger charge is -1.98. The lowest BCUT2D eigenvalue weighted by molar-refractivity contribution is 0.417. The highest BCUT2D eigenvalue weighted by Gasteiger charge is 2.15. The molecule has 2 aromatic rings. The summed E-state index contributed by atoms with van der Waals surface area (Å²) in [6, 6.07) is 3.67. The van der Waals surface area contributed by atoms with E-state index in [9.17, 15) is 9.90 Å². The first kappa shape index (κ1) is 11.5. The topological polar surface area (TPSA) is 83.3 Å². The zero-order chi connectivity index (χ0) is 13.4. The standard InChI is InChI=1S/C13H12N4O2/c1-2-17-12(18)10(16-13(17)19)6-8-7-15-9-4-3-5-14-11(8)9/h3-7,18H,2H2,1H3,(H,16,19)/b8-6+. The molecule has 2 aromatic heterocycles. The van der Waals surface area contributed by atoms with Gasteiger partial charge >= 0.3 is 5.69 Å². The Bertz CT molecular complexity index is 752. The molecule has 0 saturated heterocycles. The van der Waals surface area contributed by atoms with Gasteiger partial charge in [-0.05, 0) is 25.1 Å². The largest absolute Gasteiger partial charge is 0.493 e. The van der Waals surface area contributed by atoms with Gasteiger partial charge in [-0.15, -0.1) is 0 Å². The van der Waals surface area contributed by atoms with E-state index in [1.54, 1.807) is 25.4 Å². The van der Waals surface area contributed by atoms with Crippen LogP contribution in [0.1, 0.15) is 18.3 Å². The molecule has 0 aromatic carbocycles. The summed E-state index contributed by atoms with van der Waals surface area (Å²) >= 11 is 0. The number of aromatic amines is 1. The van der Waals surface area contributed by atoms with Crippen molar-refractivity contribution in [1.29, 1.82) is 0 Å². The zero-order valence-corrected chi connectivity index (χ0v) is 10.3. The third-order valence-corrected chi connectivity index (χ3v) is 3.00. The number of aromatic nitrogens is 3. The highest BCUT2D eigenvalue weighted by atomic mass is 16.3. The van der Waals surface area contributed by atoms with Crippen molar-refractivity contribution in [1.82, 2.24) is 14.5 Å². The number of pyridine rings is 1. The number of hydrogen-bond donors (Lipinski definition) is 2. The molecule has 0 unspecified atom stereocenters. The van der Waals surface area contributed by atoms with Gasteiger partial charge in [0.2, 0.25) is 5.88 Å². The van der Waals surface area contributed by atoms with E-state index in [2.05, 4.69) is 15.0 Å². The van der Waals surface area contributed by atoms with Gasteiger partial charge in [0, 0.05) is 24.5 Å². The first-order chi connectivity index (χ1) is 9.20. The van der Waals surface area contributed by atoms with Crippen molar-refractivity contribution < 1.29 is 5.11 Å². The van der Waals surface area contributed by atoms with Gasteiger partial charge in [-0.25, -0.2) is 4.79 Å². The van der Waals surface area contributed by atoms with Crippen LogP contribution in [0.15, 0.2) is 28.1 Å². The minimum Gasteiger partial charge on any atom is -0.493 e. The van der Waals surface area contributed by atoms with E-state index in [4.69, 9.17) is 0 Å². The minimum absolute atomic E-state index is 0.0715. The van der Waals surface area contributed by atoms with Crippen LogP contribution in [0, 0.1) is 0 Å². The molecule has 6 heteroatoms. The fourth-order valence-corrected chi connectivity index (χ4v) is 2.06. The molecule has 0 bridgehead atoms. The Morgan fingerprint density at radius 3 is 3.11 bits per heavy atom. The zero-order valence-electron chi connectivity index (χ0n) is 10.3. The Labute approximate surface area is 108 Å². The number of aliphatic imine (C=N–C) groups is 1. The van der Waals surface area contributed by atoms with Crippen molar-refractivity contribution >= 4 is 23.6 Å². The van der Waals surface area contributed by atoms with E-state index in [0.717, 1.165) is 17.0 Å². The first-order valence-corrected chi connectivity index (χ1v) is 5.93. The Morgan fingerprint density at radius 1 is 1.53 bits per heavy atom. The average Bonchev–Trinajstić information content (AvgIpc) is 2.93. The second kappa shape index (κ2) is 4.24. The predicted octanol–water partition coefficient (Wildman–Crippen LogP) is 1.55. The van der Waals surface area contributed by atoms with Gasteiger partial charge in [0.25, 0.3) is 0 Å². The molecule has 0 saturated carbocycles. The summed E-state index contributed by atoms with van der Waals surface area (Å²) in [5, 5.41) is 9.94. The molecule has 0 atom stereocenters. The average molecular weight is 256 g/mol. The normalized spacial score (nSPS) is 15.1. The van der Waals surface area contributed by atoms with Crippen molar-refractivity contribution in [3.63, 3.8) is 0 Å². The first-order valence-electron chi connectivity index (χ1n) is 5.93. The second-order valence-electron chi connectivity index (χ2n) is 4.14. The smallest absolute Gasteiger partial charge is 0.328 e. The van der Waals surface area contributed by atoms with Crippen molar-refractivity contribution in [2.45, 2.75) is 13.5 Å². The Balaban J connectivity index is 2.10. The van der Waals surface area contributed by atoms with Crippen LogP contribution in [0.3, 0.4) is 0 Å². The van der Waals surface area contributed by atoms with Gasteiger partial charge in [-0.3, -0.25) is 14.5 Å². The number of hydrogen-bond acceptors (Lipinski definition) is 4. The molecule has 2 N–H and O–H groups in total. The van der Waals surface area contributed by atoms with E-state index in [-0.39, 0.29) is 11.6 Å². The van der Waals surface area contributed by atoms with Crippen LogP contribution < -0.4 is 5.69 Å². The molecule has 1 aliphatic heterocycles. The van der Waals surface area contributed by atoms with E-state index >= 15 is 0 Å². The highest BCUT2D eigenvalue weighted by Crippen LogP contribution is 2.30. The Morgan fingerprint density at radius 2 is 2.37 bits per heavy atom. The quantitative estimate of drug-likeness (QED) is 0.855. The molecule has 0 fully saturated rings. The van der Waals surface area contributed by atoms with Gasteiger partial charge < -0.3 is 10.1 Å². The summed E-state index contributed by atoms with van der Waals surface area (Å²) in [6.07, 6.45) is 5.02. The van der Waals surface area contributed by atoms with Gasteiger partial charge in [0.15, 0.2) is 0 Å². The second-order valence-corrected chi connectivity index (χ2v) is 4.14. The van der Waals surface area contributed by atoms with Crippen LogP contribution in [-0.4, -0.2) is 25.9 Å². The van der Waals surface area contributed by atoms with Crippen LogP contribution in [0.5, 0.6) is 5.88 Å². The lowest BCUT2D eigenvalue weighted by Crippen LogP contribution is -2.14. The molecular weight excluding hydrogens is 244 g/mol. The van der Waals surface area contributed by atoms with Gasteiger partial charge in [-0.2, -0.15) is 0 Å². The Hall–Kier alpha value is -2.63. The van der Waals surface area contributed by atoms with Gasteiger partial charge in [0.1, 0.15) is 5.69 Å². The maximum atomic E-state index is 11.6. The van der Waals surface area contributed by atoms with Crippen molar-refractivity contribution in [2.75, 3.05) is 0 Å². The number of allylic oxidation sites excluding steroid dienone is 1. The number of nitrogens with zero attached hydrogens (tertiary/aromatic N) is 3. The number of fused-ring (bicyclic) bond motifs is 1. The summed E-state index contributed by atoms with van der Waals surface area (Å²) in [5.74, 6) is -0.0715. The predicted molar refractivity (Wildman–Crippen MR) is 72.7 cm³/mol. The van der Waals surface area contributed by atoms with Crippen LogP contribution >= 0.6 is 0 Å². The number of imidazole rings is 1. The molecule has 3 rings (SSSR count). The minimum atomic E-state index is -0.331. The molecule has 96 valence electrons. The van der Waals surface area contributed by atoms with Crippen LogP contribution in [0.2, 0.25) is 0 Å². The third kappa shape index (κ3) is 1.77. The molecule has 0 aliphatic carbocycles. The Kier molecular flexibility index (Phi) is 2.56. The van der Waals surface area contributed by atoms with E-state index in [1.807, 2.05) is 12.1 Å². The van der Waals surface area contributed by atoms with E-state index in [1.165, 1.54) is 4.57 Å². The molecule has 0 spiro atoms. The monoisotopic (exact) mass is 256 g/mol. The fourth-order valence-electron chi connectivity index (χ4n) is 2.06. The van der Waals surface area contributed by atoms with Crippen LogP contribution in [-0.2, 0) is 6.54 Å². The van der Waals surface area contributed by atoms with Crippen molar-refractivity contribution in [2.24, 2.45) is 4.99 Å². The SMILES string of the molecule is CCn1c(O)c(/C=C2\C=Nc3cccnc32)[nH]c1=O. The summed E-state index contributed by atoms with van der Waals surface area (Å²) in [4.78, 5) is 22.7. The van der Waals surface area contributed by atoms with Gasteiger partial charge in [-0.1, -0.05) is 0 Å². The highest BCUT2D eigenvalue weighted by molar-refractivity contribution is 6.20. The van der Waals surface area contributed by atoms with E-state index < -0.39 is 0 Å². The lowest BCUT2D eigenvalue weighted by atomic mass is 10.1. The number of nitrogens with one attached hydrogen (secondary N) is 1. The van der Waals surface area contributed by atoms with Crippen LogP contribution in [0.25, 0.3) is 11.6 Å². The summed E-state index contributed by atoms with van der Waals surface area (Å²) in [5.41, 5.74) is 2.32. The molecule has 6 nitrogen and oxygen atoms in total. The van der Waals surface area contributed by atoms with E-state index in [0.29, 0.717) is 12.2 Å². The third-order valence-electron chi connectivity index (χ3n) is 3.00. The molecular formula is C13H12N4O2. The maximum Gasteiger partial charge on any atom is 0.328 e. The van der Waals surface area contributed by atoms with Crippen LogP contribution in [0.4, 0.5) is 5.69 Å². The molecule has 19 heavy (non-hydrogen) atoms. The number of rotatable bonds is 2. The molecule has 1 aliphatic rings. The molecule has 3 heterocycles. The summed E-state index contributed by atoms with van der Waals surface area (Å²) < 4.78 is 1.26. The van der Waals surface area contributed by atoms with Crippen molar-refractivity contribution in [3.8, 4) is 5.88 Å². The molecule has 0 radical (unpaired) electrons. The number of H-pyrrole nitrogens is 1. The maximum absolute atomic E-state index is 11.6. The number of aromatic hydroxyl groups is 1. The summed E-state index contributed by atoms with van der Waals surface area (Å²) in [7, 11) is 0. The van der Waals surface area contributed by atoms with Crippen molar-refractivity contribution in [3.05, 3.63) is 40.2 Å². The molecule has 0 amide bonds. The summed E-state index contributed by atoms with van der Waals surface area (Å²) in [6.45, 7) is 2.20.